The lowest BCUT2D eigenvalue weighted by Crippen LogP contribution is -2.40. The van der Waals surface area contributed by atoms with Crippen LogP contribution in [-0.4, -0.2) is 37.7 Å². The summed E-state index contributed by atoms with van der Waals surface area (Å²) in [4.78, 5) is 8.25. The number of guanidine groups is 1. The fourth-order valence-electron chi connectivity index (χ4n) is 1.97. The lowest BCUT2D eigenvalue weighted by molar-refractivity contribution is 0.322. The predicted molar refractivity (Wildman–Crippen MR) is 102 cm³/mol. The molecule has 0 fully saturated rings. The molecule has 0 saturated heterocycles. The summed E-state index contributed by atoms with van der Waals surface area (Å²) in [5.74, 6) is 1.59. The number of ether oxygens (including phenoxy) is 1. The first-order chi connectivity index (χ1) is 11.7. The van der Waals surface area contributed by atoms with Gasteiger partial charge >= 0.3 is 0 Å². The Morgan fingerprint density at radius 2 is 1.92 bits per heavy atom. The van der Waals surface area contributed by atoms with Crippen molar-refractivity contribution in [3.8, 4) is 5.75 Å². The van der Waals surface area contributed by atoms with Crippen molar-refractivity contribution < 1.29 is 4.74 Å². The van der Waals surface area contributed by atoms with Crippen LogP contribution in [0.4, 0.5) is 0 Å². The second kappa shape index (κ2) is 10.2. The number of aliphatic imine (C=N–C) groups is 1. The molecule has 0 radical (unpaired) electrons. The number of pyridine rings is 1. The SMILES string of the molecule is CN=C(NCCOc1ccc(Br)cc1)NCCc1ccc(Cl)nc1. The molecule has 0 aliphatic carbocycles. The molecule has 24 heavy (non-hydrogen) atoms. The van der Waals surface area contributed by atoms with Crippen molar-refractivity contribution in [1.82, 2.24) is 15.6 Å². The smallest absolute Gasteiger partial charge is 0.191 e. The molecule has 0 aliphatic heterocycles. The van der Waals surface area contributed by atoms with Gasteiger partial charge in [0.1, 0.15) is 17.5 Å². The van der Waals surface area contributed by atoms with Crippen LogP contribution in [0.3, 0.4) is 0 Å². The number of rotatable bonds is 7. The van der Waals surface area contributed by atoms with E-state index >= 15 is 0 Å². The van der Waals surface area contributed by atoms with Gasteiger partial charge in [-0.25, -0.2) is 4.98 Å². The Kier molecular flexibility index (Phi) is 7.85. The van der Waals surface area contributed by atoms with E-state index in [1.807, 2.05) is 30.3 Å². The number of aromatic nitrogens is 1. The molecular formula is C17H20BrClN4O. The van der Waals surface area contributed by atoms with Gasteiger partial charge in [0.05, 0.1) is 6.54 Å². The third-order valence-electron chi connectivity index (χ3n) is 3.20. The molecule has 1 heterocycles. The van der Waals surface area contributed by atoms with Gasteiger partial charge in [0.25, 0.3) is 0 Å². The van der Waals surface area contributed by atoms with E-state index < -0.39 is 0 Å². The van der Waals surface area contributed by atoms with Crippen LogP contribution in [0.2, 0.25) is 5.15 Å². The highest BCUT2D eigenvalue weighted by Crippen LogP contribution is 2.15. The average Bonchev–Trinajstić information content (AvgIpc) is 2.60. The molecule has 0 spiro atoms. The van der Waals surface area contributed by atoms with E-state index in [1.54, 1.807) is 19.3 Å². The van der Waals surface area contributed by atoms with Crippen molar-refractivity contribution in [3.63, 3.8) is 0 Å². The summed E-state index contributed by atoms with van der Waals surface area (Å²) in [6, 6.07) is 11.5. The maximum absolute atomic E-state index is 5.77. The van der Waals surface area contributed by atoms with Gasteiger partial charge in [-0.15, -0.1) is 0 Å². The van der Waals surface area contributed by atoms with Gasteiger partial charge in [0.2, 0.25) is 0 Å². The van der Waals surface area contributed by atoms with E-state index in [-0.39, 0.29) is 0 Å². The molecule has 1 aromatic heterocycles. The molecule has 2 rings (SSSR count). The lowest BCUT2D eigenvalue weighted by atomic mass is 10.2. The highest BCUT2D eigenvalue weighted by molar-refractivity contribution is 9.10. The molecule has 5 nitrogen and oxygen atoms in total. The summed E-state index contributed by atoms with van der Waals surface area (Å²) >= 11 is 9.17. The van der Waals surface area contributed by atoms with Gasteiger partial charge in [0.15, 0.2) is 5.96 Å². The van der Waals surface area contributed by atoms with Crippen LogP contribution in [0.1, 0.15) is 5.56 Å². The molecule has 0 bridgehead atoms. The standard InChI is InChI=1S/C17H20BrClN4O/c1-20-17(21-9-8-13-2-7-16(19)23-12-13)22-10-11-24-15-5-3-14(18)4-6-15/h2-7,12H,8-11H2,1H3,(H2,20,21,22). The third kappa shape index (κ3) is 6.76. The van der Waals surface area contributed by atoms with E-state index in [0.29, 0.717) is 18.3 Å². The van der Waals surface area contributed by atoms with Crippen LogP contribution in [0.5, 0.6) is 5.75 Å². The molecule has 0 aliphatic rings. The Morgan fingerprint density at radius 1 is 1.17 bits per heavy atom. The minimum atomic E-state index is 0.509. The number of nitrogens with zero attached hydrogens (tertiary/aromatic N) is 2. The monoisotopic (exact) mass is 410 g/mol. The summed E-state index contributed by atoms with van der Waals surface area (Å²) in [6.07, 6.45) is 2.63. The maximum Gasteiger partial charge on any atom is 0.191 e. The minimum absolute atomic E-state index is 0.509. The summed E-state index contributed by atoms with van der Waals surface area (Å²) in [7, 11) is 1.74. The van der Waals surface area contributed by atoms with Crippen molar-refractivity contribution in [2.24, 2.45) is 4.99 Å². The molecule has 0 unspecified atom stereocenters. The molecule has 7 heteroatoms. The highest BCUT2D eigenvalue weighted by atomic mass is 79.9. The Bertz CT molecular complexity index is 647. The number of halogens is 2. The number of hydrogen-bond acceptors (Lipinski definition) is 3. The van der Waals surface area contributed by atoms with Gasteiger partial charge in [-0.2, -0.15) is 0 Å². The van der Waals surface area contributed by atoms with Gasteiger partial charge < -0.3 is 15.4 Å². The molecule has 2 aromatic rings. The van der Waals surface area contributed by atoms with Crippen molar-refractivity contribution >= 4 is 33.5 Å². The zero-order chi connectivity index (χ0) is 17.2. The van der Waals surface area contributed by atoms with Gasteiger partial charge in [-0.1, -0.05) is 33.6 Å². The Balaban J connectivity index is 1.63. The van der Waals surface area contributed by atoms with Crippen LogP contribution in [0.15, 0.2) is 52.1 Å². The van der Waals surface area contributed by atoms with Crippen LogP contribution < -0.4 is 15.4 Å². The largest absolute Gasteiger partial charge is 0.492 e. The molecule has 0 amide bonds. The van der Waals surface area contributed by atoms with Gasteiger partial charge in [0, 0.05) is 24.3 Å². The highest BCUT2D eigenvalue weighted by Gasteiger charge is 1.99. The van der Waals surface area contributed by atoms with Crippen molar-refractivity contribution in [3.05, 3.63) is 57.8 Å². The summed E-state index contributed by atoms with van der Waals surface area (Å²) in [5, 5.41) is 6.98. The zero-order valence-electron chi connectivity index (χ0n) is 13.4. The fraction of sp³-hybridized carbons (Fsp3) is 0.294. The minimum Gasteiger partial charge on any atom is -0.492 e. The number of hydrogen-bond donors (Lipinski definition) is 2. The van der Waals surface area contributed by atoms with Crippen molar-refractivity contribution in [2.45, 2.75) is 6.42 Å². The third-order valence-corrected chi connectivity index (χ3v) is 3.95. The molecule has 0 atom stereocenters. The van der Waals surface area contributed by atoms with Gasteiger partial charge in [-0.3, -0.25) is 4.99 Å². The predicted octanol–water partition coefficient (Wildman–Crippen LogP) is 3.28. The summed E-state index contributed by atoms with van der Waals surface area (Å²) in [5.41, 5.74) is 1.13. The van der Waals surface area contributed by atoms with Crippen LogP contribution in [-0.2, 0) is 6.42 Å². The molecule has 128 valence electrons. The summed E-state index contributed by atoms with van der Waals surface area (Å²) < 4.78 is 6.69. The molecule has 2 N–H and O–H groups in total. The number of benzene rings is 1. The van der Waals surface area contributed by atoms with E-state index in [1.165, 1.54) is 0 Å². The normalized spacial score (nSPS) is 11.2. The van der Waals surface area contributed by atoms with Crippen LogP contribution in [0.25, 0.3) is 0 Å². The second-order valence-corrected chi connectivity index (χ2v) is 6.27. The maximum atomic E-state index is 5.77. The van der Waals surface area contributed by atoms with E-state index in [0.717, 1.165) is 34.7 Å². The summed E-state index contributed by atoms with van der Waals surface area (Å²) in [6.45, 7) is 1.98. The Morgan fingerprint density at radius 3 is 2.58 bits per heavy atom. The fourth-order valence-corrected chi connectivity index (χ4v) is 2.35. The molecule has 1 aromatic carbocycles. The average molecular weight is 412 g/mol. The van der Waals surface area contributed by atoms with Gasteiger partial charge in [-0.05, 0) is 42.3 Å². The van der Waals surface area contributed by atoms with Crippen LogP contribution >= 0.6 is 27.5 Å². The van der Waals surface area contributed by atoms with E-state index in [2.05, 4.69) is 36.5 Å². The lowest BCUT2D eigenvalue weighted by Gasteiger charge is -2.12. The quantitative estimate of drug-likeness (QED) is 0.318. The molecule has 0 saturated carbocycles. The first-order valence-electron chi connectivity index (χ1n) is 7.60. The topological polar surface area (TPSA) is 58.5 Å². The van der Waals surface area contributed by atoms with E-state index in [9.17, 15) is 0 Å². The Labute approximate surface area is 155 Å². The Hall–Kier alpha value is -1.79. The zero-order valence-corrected chi connectivity index (χ0v) is 15.8. The van der Waals surface area contributed by atoms with Crippen molar-refractivity contribution in [1.29, 1.82) is 0 Å². The number of nitrogens with one attached hydrogen (secondary N) is 2. The first kappa shape index (κ1) is 18.5. The van der Waals surface area contributed by atoms with Crippen LogP contribution in [0, 0.1) is 0 Å². The van der Waals surface area contributed by atoms with E-state index in [4.69, 9.17) is 16.3 Å². The molecular weight excluding hydrogens is 392 g/mol. The first-order valence-corrected chi connectivity index (χ1v) is 8.78. The van der Waals surface area contributed by atoms with Crippen molar-refractivity contribution in [2.75, 3.05) is 26.7 Å². The second-order valence-electron chi connectivity index (χ2n) is 4.97.